The van der Waals surface area contributed by atoms with Gasteiger partial charge in [-0.15, -0.1) is 0 Å². The smallest absolute Gasteiger partial charge is 0.261 e. The molecule has 0 aliphatic rings. The standard InChI is InChI=1S/C30H33BrCl2N2O3/c1-4-20(3)34-30(37)27(17-22-9-7-6-8-10-22)35(18-23-11-13-25(32)26(33)16-23)29(36)19-38-28-14-12-21(5-2)15-24(28)31/h6-16,20,27H,4-5,17-19H2,1-3H3,(H,34,37)/t20-,27-/m1/s1. The maximum atomic E-state index is 13.7. The number of rotatable bonds is 12. The molecule has 0 bridgehead atoms. The largest absolute Gasteiger partial charge is 0.483 e. The lowest BCUT2D eigenvalue weighted by molar-refractivity contribution is -0.143. The third-order valence-corrected chi connectivity index (χ3v) is 7.72. The molecule has 38 heavy (non-hydrogen) atoms. The van der Waals surface area contributed by atoms with Crippen LogP contribution in [0, 0.1) is 0 Å². The van der Waals surface area contributed by atoms with Crippen LogP contribution in [0.5, 0.6) is 5.75 Å². The number of aryl methyl sites for hydroxylation is 1. The molecule has 0 heterocycles. The zero-order valence-electron chi connectivity index (χ0n) is 21.8. The Morgan fingerprint density at radius 1 is 0.947 bits per heavy atom. The predicted molar refractivity (Wildman–Crippen MR) is 158 cm³/mol. The van der Waals surface area contributed by atoms with Gasteiger partial charge in [-0.2, -0.15) is 0 Å². The Hall–Kier alpha value is -2.54. The van der Waals surface area contributed by atoms with E-state index in [0.29, 0.717) is 22.2 Å². The summed E-state index contributed by atoms with van der Waals surface area (Å²) in [7, 11) is 0. The van der Waals surface area contributed by atoms with Crippen LogP contribution in [0.3, 0.4) is 0 Å². The van der Waals surface area contributed by atoms with Crippen LogP contribution >= 0.6 is 39.1 Å². The Morgan fingerprint density at radius 2 is 1.66 bits per heavy atom. The highest BCUT2D eigenvalue weighted by Gasteiger charge is 2.31. The average molecular weight is 620 g/mol. The van der Waals surface area contributed by atoms with E-state index in [1.807, 2.05) is 68.4 Å². The molecule has 0 aliphatic heterocycles. The maximum Gasteiger partial charge on any atom is 0.261 e. The van der Waals surface area contributed by atoms with Crippen LogP contribution in [0.15, 0.2) is 71.2 Å². The van der Waals surface area contributed by atoms with Crippen LogP contribution in [0.4, 0.5) is 0 Å². The van der Waals surface area contributed by atoms with E-state index >= 15 is 0 Å². The number of carbonyl (C=O) groups excluding carboxylic acids is 2. The highest BCUT2D eigenvalue weighted by molar-refractivity contribution is 9.10. The van der Waals surface area contributed by atoms with E-state index in [-0.39, 0.29) is 31.0 Å². The quantitative estimate of drug-likeness (QED) is 0.232. The van der Waals surface area contributed by atoms with Gasteiger partial charge in [0.1, 0.15) is 11.8 Å². The summed E-state index contributed by atoms with van der Waals surface area (Å²) >= 11 is 15.9. The topological polar surface area (TPSA) is 58.6 Å². The zero-order valence-corrected chi connectivity index (χ0v) is 24.9. The fraction of sp³-hybridized carbons (Fsp3) is 0.333. The van der Waals surface area contributed by atoms with Gasteiger partial charge in [0.25, 0.3) is 5.91 Å². The number of hydrogen-bond acceptors (Lipinski definition) is 3. The second kappa shape index (κ2) is 14.6. The summed E-state index contributed by atoms with van der Waals surface area (Å²) in [4.78, 5) is 28.9. The molecule has 0 aromatic heterocycles. The van der Waals surface area contributed by atoms with Gasteiger partial charge in [-0.05, 0) is 76.7 Å². The highest BCUT2D eigenvalue weighted by atomic mass is 79.9. The molecule has 0 fully saturated rings. The fourth-order valence-corrected chi connectivity index (χ4v) is 4.79. The van der Waals surface area contributed by atoms with Gasteiger partial charge in [-0.1, -0.05) is 79.5 Å². The molecule has 5 nitrogen and oxygen atoms in total. The Morgan fingerprint density at radius 3 is 2.29 bits per heavy atom. The Bertz CT molecular complexity index is 1240. The van der Waals surface area contributed by atoms with Crippen molar-refractivity contribution in [2.45, 2.75) is 58.7 Å². The molecule has 0 spiro atoms. The van der Waals surface area contributed by atoms with Gasteiger partial charge in [0, 0.05) is 19.0 Å². The maximum absolute atomic E-state index is 13.7. The number of nitrogens with one attached hydrogen (secondary N) is 1. The number of amides is 2. The van der Waals surface area contributed by atoms with Crippen molar-refractivity contribution in [3.63, 3.8) is 0 Å². The van der Waals surface area contributed by atoms with Crippen LogP contribution < -0.4 is 10.1 Å². The van der Waals surface area contributed by atoms with Crippen molar-refractivity contribution in [2.24, 2.45) is 0 Å². The van der Waals surface area contributed by atoms with E-state index in [9.17, 15) is 9.59 Å². The van der Waals surface area contributed by atoms with Crippen molar-refractivity contribution in [3.8, 4) is 5.75 Å². The van der Waals surface area contributed by atoms with E-state index in [1.54, 1.807) is 17.0 Å². The minimum atomic E-state index is -0.761. The van der Waals surface area contributed by atoms with Crippen molar-refractivity contribution in [1.82, 2.24) is 10.2 Å². The number of hydrogen-bond donors (Lipinski definition) is 1. The number of nitrogens with zero attached hydrogens (tertiary/aromatic N) is 1. The first-order valence-corrected chi connectivity index (χ1v) is 14.3. The van der Waals surface area contributed by atoms with Crippen LogP contribution in [-0.4, -0.2) is 35.4 Å². The van der Waals surface area contributed by atoms with Crippen molar-refractivity contribution < 1.29 is 14.3 Å². The van der Waals surface area contributed by atoms with E-state index in [2.05, 4.69) is 28.2 Å². The van der Waals surface area contributed by atoms with Crippen molar-refractivity contribution in [3.05, 3.63) is 97.9 Å². The third-order valence-electron chi connectivity index (χ3n) is 6.36. The molecule has 3 aromatic carbocycles. The van der Waals surface area contributed by atoms with E-state index in [1.165, 1.54) is 0 Å². The van der Waals surface area contributed by atoms with Crippen LogP contribution in [0.2, 0.25) is 10.0 Å². The molecular formula is C30H33BrCl2N2O3. The van der Waals surface area contributed by atoms with Crippen molar-refractivity contribution in [2.75, 3.05) is 6.61 Å². The van der Waals surface area contributed by atoms with Gasteiger partial charge in [-0.25, -0.2) is 0 Å². The lowest BCUT2D eigenvalue weighted by atomic mass is 10.0. The van der Waals surface area contributed by atoms with Crippen LogP contribution in [0.25, 0.3) is 0 Å². The number of halogens is 3. The second-order valence-electron chi connectivity index (χ2n) is 9.20. The van der Waals surface area contributed by atoms with Gasteiger partial charge in [0.2, 0.25) is 5.91 Å². The minimum Gasteiger partial charge on any atom is -0.483 e. The van der Waals surface area contributed by atoms with Gasteiger partial charge >= 0.3 is 0 Å². The van der Waals surface area contributed by atoms with E-state index < -0.39 is 6.04 Å². The molecule has 2 atom stereocenters. The molecule has 2 amide bonds. The Balaban J connectivity index is 1.94. The Labute approximate surface area is 243 Å². The second-order valence-corrected chi connectivity index (χ2v) is 10.9. The lowest BCUT2D eigenvalue weighted by Gasteiger charge is -2.32. The number of carbonyl (C=O) groups is 2. The monoisotopic (exact) mass is 618 g/mol. The highest BCUT2D eigenvalue weighted by Crippen LogP contribution is 2.27. The van der Waals surface area contributed by atoms with Gasteiger partial charge in [0.15, 0.2) is 6.61 Å². The molecule has 0 unspecified atom stereocenters. The summed E-state index contributed by atoms with van der Waals surface area (Å²) in [6.07, 6.45) is 2.02. The molecule has 8 heteroatoms. The van der Waals surface area contributed by atoms with E-state index in [4.69, 9.17) is 27.9 Å². The predicted octanol–water partition coefficient (Wildman–Crippen LogP) is 7.25. The molecule has 202 valence electrons. The molecule has 3 aromatic rings. The minimum absolute atomic E-state index is 0.0352. The number of benzene rings is 3. The lowest BCUT2D eigenvalue weighted by Crippen LogP contribution is -2.53. The molecule has 1 N–H and O–H groups in total. The molecule has 0 saturated carbocycles. The SMILES string of the molecule is CCc1ccc(OCC(=O)N(Cc2ccc(Cl)c(Cl)c2)[C@H](Cc2ccccc2)C(=O)N[C@H](C)CC)c(Br)c1. The third kappa shape index (κ3) is 8.48. The summed E-state index contributed by atoms with van der Waals surface area (Å²) in [6, 6.07) is 19.9. The van der Waals surface area contributed by atoms with Crippen molar-refractivity contribution in [1.29, 1.82) is 0 Å². The first-order chi connectivity index (χ1) is 18.2. The summed E-state index contributed by atoms with van der Waals surface area (Å²) in [5.74, 6) is 0.0292. The molecule has 3 rings (SSSR count). The first kappa shape index (κ1) is 30.0. The van der Waals surface area contributed by atoms with Gasteiger partial charge in [-0.3, -0.25) is 9.59 Å². The first-order valence-electron chi connectivity index (χ1n) is 12.7. The van der Waals surface area contributed by atoms with Crippen LogP contribution in [0.1, 0.15) is 43.9 Å². The summed E-state index contributed by atoms with van der Waals surface area (Å²) in [5, 5.41) is 3.87. The summed E-state index contributed by atoms with van der Waals surface area (Å²) < 4.78 is 6.70. The van der Waals surface area contributed by atoms with Gasteiger partial charge < -0.3 is 15.0 Å². The molecule has 0 radical (unpaired) electrons. The van der Waals surface area contributed by atoms with Gasteiger partial charge in [0.05, 0.1) is 14.5 Å². The summed E-state index contributed by atoms with van der Waals surface area (Å²) in [6.45, 7) is 5.96. The van der Waals surface area contributed by atoms with Crippen molar-refractivity contribution >= 4 is 50.9 Å². The number of ether oxygens (including phenoxy) is 1. The summed E-state index contributed by atoms with van der Waals surface area (Å²) in [5.41, 5.74) is 2.86. The fourth-order valence-electron chi connectivity index (χ4n) is 3.93. The zero-order chi connectivity index (χ0) is 27.7. The normalized spacial score (nSPS) is 12.5. The van der Waals surface area contributed by atoms with E-state index in [0.717, 1.165) is 34.0 Å². The molecule has 0 saturated heterocycles. The Kier molecular flexibility index (Phi) is 11.5. The molecular weight excluding hydrogens is 587 g/mol. The average Bonchev–Trinajstić information content (AvgIpc) is 2.92. The van der Waals surface area contributed by atoms with Crippen LogP contribution in [-0.2, 0) is 29.0 Å². The molecule has 0 aliphatic carbocycles.